The summed E-state index contributed by atoms with van der Waals surface area (Å²) in [5.41, 5.74) is 1.88. The van der Waals surface area contributed by atoms with Crippen LogP contribution in [0.15, 0.2) is 58.4 Å². The van der Waals surface area contributed by atoms with E-state index in [1.807, 2.05) is 0 Å². The zero-order chi connectivity index (χ0) is 19.4. The molecule has 1 aliphatic heterocycles. The molecule has 2 aromatic rings. The maximum Gasteiger partial charge on any atom is 0.337 e. The maximum absolute atomic E-state index is 12.1. The second kappa shape index (κ2) is 7.88. The number of aliphatic imine (C=N–C) groups is 1. The van der Waals surface area contributed by atoms with Gasteiger partial charge in [0.05, 0.1) is 28.8 Å². The summed E-state index contributed by atoms with van der Waals surface area (Å²) in [5, 5.41) is 12.0. The minimum Gasteiger partial charge on any atom is -0.478 e. The van der Waals surface area contributed by atoms with Crippen molar-refractivity contribution in [3.63, 3.8) is 0 Å². The van der Waals surface area contributed by atoms with E-state index in [2.05, 4.69) is 15.0 Å². The van der Waals surface area contributed by atoms with Crippen molar-refractivity contribution in [2.24, 2.45) is 4.99 Å². The number of hydrogen-bond donors (Lipinski definition) is 2. The topological polar surface area (TPSA) is 105 Å². The standard InChI is InChI=1S/C19H14N2O5S/c1-26-18(25)13-4-2-11(3-5-13)10-15-16(22)21-19(27-15)20-14-8-6-12(7-9-14)17(23)24/h2-10H,1H3,(H,23,24)(H,20,21,22)/b15-10-. The number of methoxy groups -OCH3 is 1. The first-order valence-corrected chi connectivity index (χ1v) is 8.59. The summed E-state index contributed by atoms with van der Waals surface area (Å²) in [7, 11) is 1.31. The van der Waals surface area contributed by atoms with Gasteiger partial charge in [0.1, 0.15) is 0 Å². The van der Waals surface area contributed by atoms with E-state index in [0.29, 0.717) is 21.3 Å². The monoisotopic (exact) mass is 382 g/mol. The molecule has 0 unspecified atom stereocenters. The van der Waals surface area contributed by atoms with Crippen molar-refractivity contribution in [1.82, 2.24) is 5.32 Å². The fourth-order valence-corrected chi connectivity index (χ4v) is 3.10. The summed E-state index contributed by atoms with van der Waals surface area (Å²) < 4.78 is 4.65. The van der Waals surface area contributed by atoms with Crippen molar-refractivity contribution in [2.75, 3.05) is 7.11 Å². The molecule has 2 N–H and O–H groups in total. The predicted molar refractivity (Wildman–Crippen MR) is 102 cm³/mol. The van der Waals surface area contributed by atoms with Crippen LogP contribution in [-0.2, 0) is 9.53 Å². The van der Waals surface area contributed by atoms with E-state index in [0.717, 1.165) is 5.56 Å². The Balaban J connectivity index is 1.75. The number of amides is 1. The molecule has 0 aliphatic carbocycles. The van der Waals surface area contributed by atoms with Crippen LogP contribution in [0.3, 0.4) is 0 Å². The molecule has 0 spiro atoms. The van der Waals surface area contributed by atoms with Crippen LogP contribution in [0.2, 0.25) is 0 Å². The van der Waals surface area contributed by atoms with Crippen molar-refractivity contribution in [2.45, 2.75) is 0 Å². The molecule has 8 heteroatoms. The highest BCUT2D eigenvalue weighted by Crippen LogP contribution is 2.28. The molecule has 1 saturated heterocycles. The maximum atomic E-state index is 12.1. The number of nitrogens with zero attached hydrogens (tertiary/aromatic N) is 1. The molecule has 0 aromatic heterocycles. The molecule has 1 aliphatic rings. The lowest BCUT2D eigenvalue weighted by molar-refractivity contribution is -0.115. The normalized spacial score (nSPS) is 16.4. The Bertz CT molecular complexity index is 963. The largest absolute Gasteiger partial charge is 0.478 e. The number of carbonyl (C=O) groups is 3. The molecule has 1 heterocycles. The van der Waals surface area contributed by atoms with E-state index >= 15 is 0 Å². The number of carboxylic acids is 1. The van der Waals surface area contributed by atoms with Crippen molar-refractivity contribution < 1.29 is 24.2 Å². The average Bonchev–Trinajstić information content (AvgIpc) is 3.01. The van der Waals surface area contributed by atoms with E-state index in [1.165, 1.54) is 31.0 Å². The van der Waals surface area contributed by atoms with Crippen LogP contribution in [0, 0.1) is 0 Å². The third kappa shape index (κ3) is 4.42. The van der Waals surface area contributed by atoms with E-state index in [-0.39, 0.29) is 11.5 Å². The third-order valence-electron chi connectivity index (χ3n) is 3.63. The van der Waals surface area contributed by atoms with Gasteiger partial charge in [-0.05, 0) is 59.8 Å². The first-order valence-electron chi connectivity index (χ1n) is 7.77. The highest BCUT2D eigenvalue weighted by Gasteiger charge is 2.23. The van der Waals surface area contributed by atoms with Gasteiger partial charge in [-0.25, -0.2) is 14.6 Å². The molecule has 1 amide bonds. The number of esters is 1. The van der Waals surface area contributed by atoms with E-state index < -0.39 is 11.9 Å². The molecule has 0 bridgehead atoms. The fraction of sp³-hybridized carbons (Fsp3) is 0.0526. The van der Waals surface area contributed by atoms with Gasteiger partial charge in [-0.2, -0.15) is 0 Å². The van der Waals surface area contributed by atoms with Gasteiger partial charge in [-0.1, -0.05) is 12.1 Å². The molecule has 0 radical (unpaired) electrons. The number of rotatable bonds is 4. The second-order valence-corrected chi connectivity index (χ2v) is 6.48. The minimum atomic E-state index is -1.01. The Morgan fingerprint density at radius 2 is 1.70 bits per heavy atom. The van der Waals surface area contributed by atoms with Crippen LogP contribution in [-0.4, -0.2) is 35.2 Å². The molecule has 27 heavy (non-hydrogen) atoms. The lowest BCUT2D eigenvalue weighted by Crippen LogP contribution is -2.19. The lowest BCUT2D eigenvalue weighted by atomic mass is 10.1. The Hall–Kier alpha value is -3.39. The molecule has 2 aromatic carbocycles. The number of amidine groups is 1. The molecular formula is C19H14N2O5S. The van der Waals surface area contributed by atoms with Crippen LogP contribution < -0.4 is 5.32 Å². The number of benzene rings is 2. The lowest BCUT2D eigenvalue weighted by Gasteiger charge is -2.00. The van der Waals surface area contributed by atoms with E-state index in [4.69, 9.17) is 5.11 Å². The van der Waals surface area contributed by atoms with Gasteiger partial charge >= 0.3 is 11.9 Å². The highest BCUT2D eigenvalue weighted by atomic mass is 32.2. The number of hydrogen-bond acceptors (Lipinski definition) is 6. The summed E-state index contributed by atoms with van der Waals surface area (Å²) >= 11 is 1.18. The highest BCUT2D eigenvalue weighted by molar-refractivity contribution is 8.18. The van der Waals surface area contributed by atoms with E-state index in [1.54, 1.807) is 42.5 Å². The number of nitrogens with one attached hydrogen (secondary N) is 1. The smallest absolute Gasteiger partial charge is 0.337 e. The first-order chi connectivity index (χ1) is 13.0. The van der Waals surface area contributed by atoms with Gasteiger partial charge in [0, 0.05) is 0 Å². The van der Waals surface area contributed by atoms with Gasteiger partial charge in [0.2, 0.25) is 0 Å². The second-order valence-electron chi connectivity index (χ2n) is 5.45. The average molecular weight is 382 g/mol. The zero-order valence-corrected chi connectivity index (χ0v) is 14.9. The number of thioether (sulfide) groups is 1. The van der Waals surface area contributed by atoms with Crippen LogP contribution >= 0.6 is 11.8 Å². The van der Waals surface area contributed by atoms with Crippen molar-refractivity contribution >= 4 is 46.5 Å². The quantitative estimate of drug-likeness (QED) is 0.622. The molecular weight excluding hydrogens is 368 g/mol. The van der Waals surface area contributed by atoms with Gasteiger partial charge < -0.3 is 15.2 Å². The third-order valence-corrected chi connectivity index (χ3v) is 4.54. The van der Waals surface area contributed by atoms with Crippen LogP contribution in [0.5, 0.6) is 0 Å². The fourth-order valence-electron chi connectivity index (χ4n) is 2.26. The summed E-state index contributed by atoms with van der Waals surface area (Å²) in [6.07, 6.45) is 1.69. The summed E-state index contributed by atoms with van der Waals surface area (Å²) in [4.78, 5) is 39.2. The summed E-state index contributed by atoms with van der Waals surface area (Å²) in [6.45, 7) is 0. The van der Waals surface area contributed by atoms with Gasteiger partial charge in [-0.15, -0.1) is 0 Å². The van der Waals surface area contributed by atoms with Crippen LogP contribution in [0.25, 0.3) is 6.08 Å². The molecule has 0 atom stereocenters. The van der Waals surface area contributed by atoms with Crippen molar-refractivity contribution in [3.05, 3.63) is 70.1 Å². The van der Waals surface area contributed by atoms with Gasteiger partial charge in [0.15, 0.2) is 5.17 Å². The number of carboxylic acid groups (broad SMARTS) is 1. The summed E-state index contributed by atoms with van der Waals surface area (Å²) in [6, 6.07) is 12.7. The van der Waals surface area contributed by atoms with Crippen molar-refractivity contribution in [3.8, 4) is 0 Å². The molecule has 1 fully saturated rings. The predicted octanol–water partition coefficient (Wildman–Crippen LogP) is 3.06. The Morgan fingerprint density at radius 1 is 1.07 bits per heavy atom. The molecule has 0 saturated carbocycles. The van der Waals surface area contributed by atoms with Crippen molar-refractivity contribution in [1.29, 1.82) is 0 Å². The van der Waals surface area contributed by atoms with Crippen LogP contribution in [0.1, 0.15) is 26.3 Å². The van der Waals surface area contributed by atoms with Gasteiger partial charge in [-0.3, -0.25) is 4.79 Å². The zero-order valence-electron chi connectivity index (χ0n) is 14.1. The van der Waals surface area contributed by atoms with Crippen LogP contribution in [0.4, 0.5) is 5.69 Å². The van der Waals surface area contributed by atoms with E-state index in [9.17, 15) is 14.4 Å². The molecule has 3 rings (SSSR count). The SMILES string of the molecule is COC(=O)c1ccc(/C=C2\SC(=Nc3ccc(C(=O)O)cc3)NC2=O)cc1. The number of carbonyl (C=O) groups excluding carboxylic acids is 2. The number of aromatic carboxylic acids is 1. The first kappa shape index (κ1) is 18.4. The Kier molecular flexibility index (Phi) is 5.37. The molecule has 7 nitrogen and oxygen atoms in total. The number of ether oxygens (including phenoxy) is 1. The summed E-state index contributed by atoms with van der Waals surface area (Å²) in [5.74, 6) is -1.72. The van der Waals surface area contributed by atoms with Gasteiger partial charge in [0.25, 0.3) is 5.91 Å². The Morgan fingerprint density at radius 3 is 2.30 bits per heavy atom. The molecule has 136 valence electrons. The minimum absolute atomic E-state index is 0.165. The Labute approximate surface area is 158 Å².